The summed E-state index contributed by atoms with van der Waals surface area (Å²) in [6.45, 7) is 4.10. The number of nitrogens with one attached hydrogen (secondary N) is 2. The highest BCUT2D eigenvalue weighted by molar-refractivity contribution is 6.04. The van der Waals surface area contributed by atoms with Crippen molar-refractivity contribution < 1.29 is 33.7 Å². The van der Waals surface area contributed by atoms with Crippen molar-refractivity contribution in [1.29, 1.82) is 5.26 Å². The Morgan fingerprint density at radius 3 is 1.84 bits per heavy atom. The van der Waals surface area contributed by atoms with Crippen LogP contribution < -0.4 is 15.2 Å². The smallest absolute Gasteiger partial charge is 0.354 e. The zero-order valence-electron chi connectivity index (χ0n) is 21.2. The van der Waals surface area contributed by atoms with Crippen molar-refractivity contribution in [2.75, 3.05) is 27.4 Å². The molecule has 2 aromatic heterocycles. The second-order valence-corrected chi connectivity index (χ2v) is 7.68. The van der Waals surface area contributed by atoms with Gasteiger partial charge in [0.2, 0.25) is 0 Å². The number of carbonyl (C=O) groups excluding carboxylic acids is 2. The third-order valence-electron chi connectivity index (χ3n) is 5.38. The van der Waals surface area contributed by atoms with E-state index >= 15 is 0 Å². The van der Waals surface area contributed by atoms with Gasteiger partial charge in [-0.05, 0) is 38.1 Å². The summed E-state index contributed by atoms with van der Waals surface area (Å²) in [7, 11) is 2.97. The van der Waals surface area contributed by atoms with Crippen molar-refractivity contribution in [3.63, 3.8) is 0 Å². The van der Waals surface area contributed by atoms with Gasteiger partial charge in [-0.2, -0.15) is 5.26 Å². The monoisotopic (exact) mass is 521 g/mol. The van der Waals surface area contributed by atoms with Crippen molar-refractivity contribution >= 4 is 39.6 Å². The summed E-state index contributed by atoms with van der Waals surface area (Å²) < 4.78 is 20.1. The molecule has 0 bridgehead atoms. The number of fused-ring (bicyclic) bond motifs is 2. The lowest BCUT2D eigenvalue weighted by atomic mass is 10.1. The molecule has 12 heteroatoms. The Morgan fingerprint density at radius 1 is 0.895 bits per heavy atom. The van der Waals surface area contributed by atoms with E-state index in [0.29, 0.717) is 52.7 Å². The fourth-order valence-electron chi connectivity index (χ4n) is 3.64. The predicted molar refractivity (Wildman–Crippen MR) is 139 cm³/mol. The van der Waals surface area contributed by atoms with Crippen molar-refractivity contribution in [1.82, 2.24) is 9.97 Å². The summed E-state index contributed by atoms with van der Waals surface area (Å²) in [5.74, 6) is -0.00542. The van der Waals surface area contributed by atoms with Gasteiger partial charge in [-0.15, -0.1) is 0 Å². The molecule has 2 aromatic carbocycles. The Labute approximate surface area is 217 Å². The van der Waals surface area contributed by atoms with Gasteiger partial charge in [0.1, 0.15) is 29.0 Å². The highest BCUT2D eigenvalue weighted by Crippen LogP contribution is 2.27. The van der Waals surface area contributed by atoms with Crippen molar-refractivity contribution in [3.05, 3.63) is 58.9 Å². The van der Waals surface area contributed by atoms with E-state index in [9.17, 15) is 9.59 Å². The number of nitrogens with two attached hydrogens (primary N) is 1. The van der Waals surface area contributed by atoms with Gasteiger partial charge in [0.25, 0.3) is 0 Å². The standard InChI is InChI=1S/C13H15N3O4.C13H12N2O3/c1-3-20-13(17)10-5-7-4-8(12(14)16-18)11(19-2)6-9(7)15-10;1-3-18-13(16)11-5-8-4-9(7-14)12(17-2)6-10(8)15-11/h4-6,15,18H,3H2,1-2H3,(H2,14,16);4-6,15H,3H2,1-2H3. The Hall–Kier alpha value is -5.18. The molecular formula is C26H27N5O7. The van der Waals surface area contributed by atoms with Crippen LogP contribution in [0.3, 0.4) is 0 Å². The number of oxime groups is 1. The summed E-state index contributed by atoms with van der Waals surface area (Å²) >= 11 is 0. The molecule has 0 atom stereocenters. The number of hydrogen-bond acceptors (Lipinski definition) is 9. The van der Waals surface area contributed by atoms with E-state index in [1.165, 1.54) is 14.2 Å². The normalized spacial score (nSPS) is 10.9. The largest absolute Gasteiger partial charge is 0.496 e. The third-order valence-corrected chi connectivity index (χ3v) is 5.38. The summed E-state index contributed by atoms with van der Waals surface area (Å²) in [6.07, 6.45) is 0. The van der Waals surface area contributed by atoms with Crippen LogP contribution in [0.4, 0.5) is 0 Å². The van der Waals surface area contributed by atoms with Gasteiger partial charge >= 0.3 is 11.9 Å². The molecule has 0 saturated carbocycles. The van der Waals surface area contributed by atoms with Gasteiger partial charge in [0.05, 0.1) is 38.6 Å². The minimum atomic E-state index is -0.437. The number of nitrogens with zero attached hydrogens (tertiary/aromatic N) is 2. The highest BCUT2D eigenvalue weighted by atomic mass is 16.5. The van der Waals surface area contributed by atoms with E-state index in [-0.39, 0.29) is 5.84 Å². The van der Waals surface area contributed by atoms with Crippen LogP contribution in [0, 0.1) is 11.3 Å². The van der Waals surface area contributed by atoms with Gasteiger partial charge < -0.3 is 39.9 Å². The zero-order chi connectivity index (χ0) is 27.8. The van der Waals surface area contributed by atoms with Crippen molar-refractivity contribution in [2.45, 2.75) is 13.8 Å². The molecule has 0 aliphatic carbocycles. The fraction of sp³-hybridized carbons (Fsp3) is 0.231. The van der Waals surface area contributed by atoms with Crippen molar-refractivity contribution in [2.24, 2.45) is 10.9 Å². The molecule has 2 heterocycles. The molecule has 38 heavy (non-hydrogen) atoms. The van der Waals surface area contributed by atoms with Gasteiger partial charge in [0.15, 0.2) is 5.84 Å². The second kappa shape index (κ2) is 12.2. The van der Waals surface area contributed by atoms with Gasteiger partial charge in [0, 0.05) is 33.9 Å². The molecule has 5 N–H and O–H groups in total. The Balaban J connectivity index is 0.000000212. The molecule has 0 aliphatic rings. The topological polar surface area (TPSA) is 185 Å². The Kier molecular flexibility index (Phi) is 8.78. The number of H-pyrrole nitrogens is 2. The number of nitriles is 1. The number of aromatic nitrogens is 2. The number of benzene rings is 2. The maximum atomic E-state index is 11.7. The summed E-state index contributed by atoms with van der Waals surface area (Å²) in [5, 5.41) is 22.2. The summed E-state index contributed by atoms with van der Waals surface area (Å²) in [6, 6.07) is 12.1. The first-order valence-corrected chi connectivity index (χ1v) is 11.4. The lowest BCUT2D eigenvalue weighted by Gasteiger charge is -2.06. The van der Waals surface area contributed by atoms with Crippen LogP contribution in [0.15, 0.2) is 41.6 Å². The number of ether oxygens (including phenoxy) is 4. The summed E-state index contributed by atoms with van der Waals surface area (Å²) in [4.78, 5) is 29.1. The maximum absolute atomic E-state index is 11.7. The average Bonchev–Trinajstić information content (AvgIpc) is 3.55. The number of methoxy groups -OCH3 is 2. The molecule has 0 amide bonds. The summed E-state index contributed by atoms with van der Waals surface area (Å²) in [5.41, 5.74) is 8.59. The van der Waals surface area contributed by atoms with E-state index in [1.807, 2.05) is 6.07 Å². The average molecular weight is 522 g/mol. The van der Waals surface area contributed by atoms with Crippen LogP contribution in [-0.2, 0) is 9.47 Å². The maximum Gasteiger partial charge on any atom is 0.354 e. The molecule has 0 saturated heterocycles. The number of esters is 2. The number of carbonyl (C=O) groups is 2. The van der Waals surface area contributed by atoms with Crippen LogP contribution in [-0.4, -0.2) is 60.4 Å². The first-order valence-electron chi connectivity index (χ1n) is 11.4. The molecule has 0 unspecified atom stereocenters. The predicted octanol–water partition coefficient (Wildman–Crippen LogP) is 3.67. The SMILES string of the molecule is CCOC(=O)c1cc2cc(C#N)c(OC)cc2[nH]1.CCOC(=O)c1cc2cc(C(N)=NO)c(OC)cc2[nH]1. The fourth-order valence-corrected chi connectivity index (χ4v) is 3.64. The molecule has 0 fully saturated rings. The van der Waals surface area contributed by atoms with Gasteiger partial charge in [-0.1, -0.05) is 5.16 Å². The minimum absolute atomic E-state index is 0.0670. The Morgan fingerprint density at radius 2 is 1.39 bits per heavy atom. The Bertz CT molecular complexity index is 1550. The minimum Gasteiger partial charge on any atom is -0.496 e. The molecule has 0 aliphatic heterocycles. The van der Waals surface area contributed by atoms with Gasteiger partial charge in [-0.3, -0.25) is 0 Å². The van der Waals surface area contributed by atoms with Crippen LogP contribution in [0.2, 0.25) is 0 Å². The molecule has 4 aromatic rings. The number of rotatable bonds is 7. The number of hydrogen-bond donors (Lipinski definition) is 4. The lowest BCUT2D eigenvalue weighted by Crippen LogP contribution is -2.14. The van der Waals surface area contributed by atoms with Crippen LogP contribution in [0.5, 0.6) is 11.5 Å². The van der Waals surface area contributed by atoms with Crippen LogP contribution in [0.25, 0.3) is 21.8 Å². The van der Waals surface area contributed by atoms with E-state index in [4.69, 9.17) is 35.2 Å². The van der Waals surface area contributed by atoms with Gasteiger partial charge in [-0.25, -0.2) is 9.59 Å². The molecule has 0 radical (unpaired) electrons. The first kappa shape index (κ1) is 27.4. The van der Waals surface area contributed by atoms with E-state index < -0.39 is 11.9 Å². The van der Waals surface area contributed by atoms with Crippen molar-refractivity contribution in [3.8, 4) is 17.6 Å². The molecule has 4 rings (SSSR count). The molecular weight excluding hydrogens is 494 g/mol. The second-order valence-electron chi connectivity index (χ2n) is 7.68. The van der Waals surface area contributed by atoms with E-state index in [1.54, 1.807) is 50.2 Å². The number of amidine groups is 1. The number of aromatic amines is 2. The zero-order valence-corrected chi connectivity index (χ0v) is 21.2. The van der Waals surface area contributed by atoms with Crippen LogP contribution >= 0.6 is 0 Å². The quantitative estimate of drug-likeness (QED) is 0.0925. The molecule has 198 valence electrons. The first-order chi connectivity index (χ1) is 18.3. The van der Waals surface area contributed by atoms with E-state index in [0.717, 1.165) is 16.3 Å². The third kappa shape index (κ3) is 5.79. The lowest BCUT2D eigenvalue weighted by molar-refractivity contribution is 0.0511. The van der Waals surface area contributed by atoms with Crippen LogP contribution in [0.1, 0.15) is 46.0 Å². The molecule has 12 nitrogen and oxygen atoms in total. The van der Waals surface area contributed by atoms with E-state index in [2.05, 4.69) is 15.1 Å². The molecule has 0 spiro atoms. The highest BCUT2D eigenvalue weighted by Gasteiger charge is 2.15.